The number of hydrogen-bond acceptors (Lipinski definition) is 1. The highest BCUT2D eigenvalue weighted by Gasteiger charge is 2.34. The van der Waals surface area contributed by atoms with Gasteiger partial charge in [-0.05, 0) is 31.4 Å². The molecule has 0 atom stereocenters. The summed E-state index contributed by atoms with van der Waals surface area (Å²) in [4.78, 5) is 0. The standard InChI is InChI=1S/C13H17BrFN/c1-9-5-6-10(14)11(12(9)15)13(16)7-3-2-4-8-13/h5-6H,2-4,7-8,16H2,1H3. The predicted molar refractivity (Wildman–Crippen MR) is 67.8 cm³/mol. The third-order valence-electron chi connectivity index (χ3n) is 3.53. The first-order valence-electron chi connectivity index (χ1n) is 5.78. The molecule has 2 rings (SSSR count). The maximum absolute atomic E-state index is 14.2. The molecule has 0 bridgehead atoms. The van der Waals surface area contributed by atoms with Crippen molar-refractivity contribution in [3.63, 3.8) is 0 Å². The highest BCUT2D eigenvalue weighted by molar-refractivity contribution is 9.10. The Balaban J connectivity index is 2.49. The Labute approximate surface area is 104 Å². The van der Waals surface area contributed by atoms with E-state index in [4.69, 9.17) is 5.73 Å². The van der Waals surface area contributed by atoms with E-state index in [1.54, 1.807) is 13.0 Å². The first kappa shape index (κ1) is 12.1. The quantitative estimate of drug-likeness (QED) is 0.829. The monoisotopic (exact) mass is 285 g/mol. The molecule has 16 heavy (non-hydrogen) atoms. The minimum absolute atomic E-state index is 0.140. The van der Waals surface area contributed by atoms with Crippen LogP contribution in [0, 0.1) is 12.7 Å². The molecule has 0 unspecified atom stereocenters. The predicted octanol–water partition coefficient (Wildman–Crippen LogP) is 4.01. The van der Waals surface area contributed by atoms with Gasteiger partial charge in [-0.15, -0.1) is 0 Å². The van der Waals surface area contributed by atoms with Crippen molar-refractivity contribution in [3.8, 4) is 0 Å². The molecule has 1 aliphatic carbocycles. The van der Waals surface area contributed by atoms with Crippen LogP contribution in [0.3, 0.4) is 0 Å². The minimum atomic E-state index is -0.479. The zero-order valence-electron chi connectivity index (χ0n) is 9.52. The fourth-order valence-corrected chi connectivity index (χ4v) is 3.25. The summed E-state index contributed by atoms with van der Waals surface area (Å²) in [7, 11) is 0. The van der Waals surface area contributed by atoms with Crippen LogP contribution in [0.25, 0.3) is 0 Å². The summed E-state index contributed by atoms with van der Waals surface area (Å²) in [5.41, 5.74) is 7.25. The molecule has 1 aliphatic rings. The average molecular weight is 286 g/mol. The van der Waals surface area contributed by atoms with Crippen molar-refractivity contribution in [1.29, 1.82) is 0 Å². The van der Waals surface area contributed by atoms with Gasteiger partial charge in [-0.3, -0.25) is 0 Å². The molecule has 1 aromatic carbocycles. The largest absolute Gasteiger partial charge is 0.321 e. The zero-order valence-corrected chi connectivity index (χ0v) is 11.1. The van der Waals surface area contributed by atoms with Gasteiger partial charge in [0.15, 0.2) is 0 Å². The number of halogens is 2. The summed E-state index contributed by atoms with van der Waals surface area (Å²) in [6, 6.07) is 3.69. The van der Waals surface area contributed by atoms with Gasteiger partial charge >= 0.3 is 0 Å². The summed E-state index contributed by atoms with van der Waals surface area (Å²) in [5.74, 6) is -0.140. The summed E-state index contributed by atoms with van der Waals surface area (Å²) < 4.78 is 15.0. The van der Waals surface area contributed by atoms with Crippen LogP contribution in [0.15, 0.2) is 16.6 Å². The molecule has 0 aliphatic heterocycles. The SMILES string of the molecule is Cc1ccc(Br)c(C2(N)CCCCC2)c1F. The van der Waals surface area contributed by atoms with Crippen molar-refractivity contribution < 1.29 is 4.39 Å². The summed E-state index contributed by atoms with van der Waals surface area (Å²) >= 11 is 3.43. The van der Waals surface area contributed by atoms with Gasteiger partial charge in [0.2, 0.25) is 0 Å². The van der Waals surface area contributed by atoms with Crippen LogP contribution in [0.5, 0.6) is 0 Å². The fourth-order valence-electron chi connectivity index (χ4n) is 2.55. The van der Waals surface area contributed by atoms with Gasteiger partial charge < -0.3 is 5.73 Å². The van der Waals surface area contributed by atoms with Gasteiger partial charge in [-0.25, -0.2) is 4.39 Å². The van der Waals surface area contributed by atoms with Crippen LogP contribution in [0.2, 0.25) is 0 Å². The minimum Gasteiger partial charge on any atom is -0.321 e. The van der Waals surface area contributed by atoms with Crippen molar-refractivity contribution in [1.82, 2.24) is 0 Å². The number of hydrogen-bond donors (Lipinski definition) is 1. The Kier molecular flexibility index (Phi) is 3.36. The lowest BCUT2D eigenvalue weighted by molar-refractivity contribution is 0.291. The molecule has 2 N–H and O–H groups in total. The lowest BCUT2D eigenvalue weighted by Crippen LogP contribution is -2.40. The lowest BCUT2D eigenvalue weighted by atomic mass is 9.77. The van der Waals surface area contributed by atoms with Crippen molar-refractivity contribution in [2.75, 3.05) is 0 Å². The summed E-state index contributed by atoms with van der Waals surface area (Å²) in [6.07, 6.45) is 5.16. The van der Waals surface area contributed by atoms with E-state index in [0.717, 1.165) is 30.2 Å². The van der Waals surface area contributed by atoms with E-state index in [1.165, 1.54) is 6.42 Å². The third-order valence-corrected chi connectivity index (χ3v) is 4.19. The van der Waals surface area contributed by atoms with Crippen LogP contribution < -0.4 is 5.73 Å². The molecule has 0 spiro atoms. The van der Waals surface area contributed by atoms with E-state index in [-0.39, 0.29) is 5.82 Å². The molecule has 88 valence electrons. The Hall–Kier alpha value is -0.410. The van der Waals surface area contributed by atoms with E-state index in [1.807, 2.05) is 6.07 Å². The van der Waals surface area contributed by atoms with Crippen LogP contribution >= 0.6 is 15.9 Å². The van der Waals surface area contributed by atoms with Gasteiger partial charge in [0.25, 0.3) is 0 Å². The molecule has 3 heteroatoms. The second-order valence-corrected chi connectivity index (χ2v) is 5.62. The van der Waals surface area contributed by atoms with Crippen LogP contribution in [0.1, 0.15) is 43.2 Å². The molecule has 1 nitrogen and oxygen atoms in total. The molecule has 1 fully saturated rings. The molecule has 1 aromatic rings. The van der Waals surface area contributed by atoms with Crippen molar-refractivity contribution in [2.45, 2.75) is 44.6 Å². The maximum Gasteiger partial charge on any atom is 0.132 e. The summed E-state index contributed by atoms with van der Waals surface area (Å²) in [5, 5.41) is 0. The molecular formula is C13H17BrFN. The van der Waals surface area contributed by atoms with E-state index < -0.39 is 5.54 Å². The highest BCUT2D eigenvalue weighted by Crippen LogP contribution is 2.40. The Morgan fingerprint density at radius 3 is 2.50 bits per heavy atom. The smallest absolute Gasteiger partial charge is 0.132 e. The van der Waals surface area contributed by atoms with Crippen molar-refractivity contribution in [2.24, 2.45) is 5.73 Å². The van der Waals surface area contributed by atoms with Gasteiger partial charge in [0.1, 0.15) is 5.82 Å². The Morgan fingerprint density at radius 1 is 1.25 bits per heavy atom. The van der Waals surface area contributed by atoms with Crippen LogP contribution in [-0.4, -0.2) is 0 Å². The van der Waals surface area contributed by atoms with Gasteiger partial charge in [0, 0.05) is 15.6 Å². The zero-order chi connectivity index (χ0) is 11.8. The molecular weight excluding hydrogens is 269 g/mol. The van der Waals surface area contributed by atoms with Crippen molar-refractivity contribution >= 4 is 15.9 Å². The molecule has 0 radical (unpaired) electrons. The van der Waals surface area contributed by atoms with E-state index in [9.17, 15) is 4.39 Å². The molecule has 0 amide bonds. The second-order valence-electron chi connectivity index (χ2n) is 4.77. The lowest BCUT2D eigenvalue weighted by Gasteiger charge is -2.35. The first-order valence-corrected chi connectivity index (χ1v) is 6.58. The molecule has 1 saturated carbocycles. The average Bonchev–Trinajstić information content (AvgIpc) is 2.25. The van der Waals surface area contributed by atoms with E-state index in [2.05, 4.69) is 15.9 Å². The molecule has 0 saturated heterocycles. The molecule has 0 aromatic heterocycles. The number of aryl methyl sites for hydroxylation is 1. The van der Waals surface area contributed by atoms with Gasteiger partial charge in [-0.1, -0.05) is 41.3 Å². The second kappa shape index (κ2) is 4.46. The van der Waals surface area contributed by atoms with Gasteiger partial charge in [-0.2, -0.15) is 0 Å². The van der Waals surface area contributed by atoms with Gasteiger partial charge in [0.05, 0.1) is 0 Å². The normalized spacial score (nSPS) is 19.8. The van der Waals surface area contributed by atoms with E-state index >= 15 is 0 Å². The maximum atomic E-state index is 14.2. The molecule has 0 heterocycles. The third kappa shape index (κ3) is 2.03. The highest BCUT2D eigenvalue weighted by atomic mass is 79.9. The summed E-state index contributed by atoms with van der Waals surface area (Å²) in [6.45, 7) is 1.79. The van der Waals surface area contributed by atoms with Crippen LogP contribution in [-0.2, 0) is 5.54 Å². The van der Waals surface area contributed by atoms with Crippen molar-refractivity contribution in [3.05, 3.63) is 33.5 Å². The fraction of sp³-hybridized carbons (Fsp3) is 0.538. The Morgan fingerprint density at radius 2 is 1.88 bits per heavy atom. The van der Waals surface area contributed by atoms with Crippen LogP contribution in [0.4, 0.5) is 4.39 Å². The number of rotatable bonds is 1. The topological polar surface area (TPSA) is 26.0 Å². The Bertz CT molecular complexity index is 397. The first-order chi connectivity index (χ1) is 7.54. The number of benzene rings is 1. The van der Waals surface area contributed by atoms with E-state index in [0.29, 0.717) is 11.1 Å². The number of nitrogens with two attached hydrogens (primary N) is 1.